The van der Waals surface area contributed by atoms with Gasteiger partial charge in [-0.2, -0.15) is 0 Å². The zero-order valence-corrected chi connectivity index (χ0v) is 16.7. The van der Waals surface area contributed by atoms with Gasteiger partial charge in [0.05, 0.1) is 5.57 Å². The lowest BCUT2D eigenvalue weighted by molar-refractivity contribution is -0.130. The van der Waals surface area contributed by atoms with Crippen LogP contribution in [0.5, 0.6) is 5.75 Å². The van der Waals surface area contributed by atoms with Crippen molar-refractivity contribution < 1.29 is 14.3 Å². The summed E-state index contributed by atoms with van der Waals surface area (Å²) in [6.45, 7) is 8.00. The fraction of sp³-hybridized carbons (Fsp3) is 0.250. The average Bonchev–Trinajstić information content (AvgIpc) is 2.61. The number of hydrogen-bond acceptors (Lipinski definition) is 3. The Hall–Kier alpha value is -3.14. The minimum atomic E-state index is -0.463. The number of benzene rings is 2. The van der Waals surface area contributed by atoms with Gasteiger partial charge in [0, 0.05) is 11.3 Å². The second-order valence-electron chi connectivity index (χ2n) is 7.87. The molecule has 28 heavy (non-hydrogen) atoms. The van der Waals surface area contributed by atoms with E-state index in [0.29, 0.717) is 29.0 Å². The fourth-order valence-electron chi connectivity index (χ4n) is 3.44. The average molecular weight is 375 g/mol. The van der Waals surface area contributed by atoms with Gasteiger partial charge < -0.3 is 10.1 Å². The molecular weight excluding hydrogens is 350 g/mol. The number of hydrogen-bond donors (Lipinski definition) is 1. The lowest BCUT2D eigenvalue weighted by Gasteiger charge is -2.30. The molecule has 0 aromatic heterocycles. The second-order valence-corrected chi connectivity index (χ2v) is 7.87. The molecule has 144 valence electrons. The molecule has 0 heterocycles. The first kappa shape index (κ1) is 19.6. The molecule has 2 aromatic carbocycles. The van der Waals surface area contributed by atoms with Gasteiger partial charge >= 0.3 is 5.97 Å². The van der Waals surface area contributed by atoms with Crippen molar-refractivity contribution in [1.29, 1.82) is 0 Å². The quantitative estimate of drug-likeness (QED) is 0.607. The summed E-state index contributed by atoms with van der Waals surface area (Å²) in [7, 11) is 0. The number of carbonyl (C=O) groups is 2. The van der Waals surface area contributed by atoms with E-state index >= 15 is 0 Å². The number of para-hydroxylation sites is 1. The molecule has 0 spiro atoms. The van der Waals surface area contributed by atoms with Crippen molar-refractivity contribution in [2.45, 2.75) is 34.1 Å². The first-order valence-electron chi connectivity index (χ1n) is 9.33. The van der Waals surface area contributed by atoms with E-state index in [1.807, 2.05) is 44.2 Å². The van der Waals surface area contributed by atoms with Gasteiger partial charge in [-0.1, -0.05) is 55.8 Å². The van der Waals surface area contributed by atoms with Crippen molar-refractivity contribution >= 4 is 11.9 Å². The van der Waals surface area contributed by atoms with E-state index in [1.165, 1.54) is 0 Å². The minimum absolute atomic E-state index is 0.170. The third kappa shape index (κ3) is 4.58. The van der Waals surface area contributed by atoms with Crippen molar-refractivity contribution in [1.82, 2.24) is 5.32 Å². The summed E-state index contributed by atoms with van der Waals surface area (Å²) in [6.07, 6.45) is 2.59. The Morgan fingerprint density at radius 1 is 0.964 bits per heavy atom. The maximum atomic E-state index is 12.9. The Kier molecular flexibility index (Phi) is 5.50. The molecule has 0 unspecified atom stereocenters. The molecule has 4 nitrogen and oxygen atoms in total. The second kappa shape index (κ2) is 7.85. The van der Waals surface area contributed by atoms with Crippen LogP contribution in [0.2, 0.25) is 0 Å². The molecule has 0 bridgehead atoms. The molecule has 1 amide bonds. The van der Waals surface area contributed by atoms with Crippen LogP contribution >= 0.6 is 0 Å². The van der Waals surface area contributed by atoms with Crippen molar-refractivity contribution in [3.8, 4) is 5.75 Å². The van der Waals surface area contributed by atoms with Crippen molar-refractivity contribution in [2.24, 2.45) is 5.41 Å². The Morgan fingerprint density at radius 3 is 2.25 bits per heavy atom. The molecule has 1 aliphatic rings. The Morgan fingerprint density at radius 2 is 1.61 bits per heavy atom. The summed E-state index contributed by atoms with van der Waals surface area (Å²) < 4.78 is 5.54. The highest BCUT2D eigenvalue weighted by Crippen LogP contribution is 2.36. The molecule has 0 atom stereocenters. The van der Waals surface area contributed by atoms with Gasteiger partial charge in [0.25, 0.3) is 5.91 Å². The van der Waals surface area contributed by atoms with E-state index in [2.05, 4.69) is 25.2 Å². The first-order chi connectivity index (χ1) is 13.2. The van der Waals surface area contributed by atoms with Crippen molar-refractivity contribution in [2.75, 3.05) is 0 Å². The first-order valence-corrected chi connectivity index (χ1v) is 9.33. The molecule has 0 fully saturated rings. The minimum Gasteiger partial charge on any atom is -0.423 e. The monoisotopic (exact) mass is 375 g/mol. The van der Waals surface area contributed by atoms with E-state index in [0.717, 1.165) is 11.1 Å². The van der Waals surface area contributed by atoms with E-state index < -0.39 is 5.97 Å². The summed E-state index contributed by atoms with van der Waals surface area (Å²) in [5.74, 6) is -0.220. The van der Waals surface area contributed by atoms with Gasteiger partial charge in [-0.15, -0.1) is 0 Å². The summed E-state index contributed by atoms with van der Waals surface area (Å²) in [5.41, 5.74) is 3.28. The predicted molar refractivity (Wildman–Crippen MR) is 110 cm³/mol. The van der Waals surface area contributed by atoms with Crippen LogP contribution in [0.4, 0.5) is 0 Å². The Balaban J connectivity index is 1.92. The van der Waals surface area contributed by atoms with Crippen molar-refractivity contribution in [3.05, 3.63) is 88.6 Å². The van der Waals surface area contributed by atoms with Gasteiger partial charge in [0.2, 0.25) is 0 Å². The maximum Gasteiger partial charge on any atom is 0.345 e. The third-order valence-corrected chi connectivity index (χ3v) is 4.67. The Labute approximate surface area is 165 Å². The van der Waals surface area contributed by atoms with E-state index in [1.54, 1.807) is 24.3 Å². The summed E-state index contributed by atoms with van der Waals surface area (Å²) in [6, 6.07) is 16.3. The maximum absolute atomic E-state index is 12.9. The lowest BCUT2D eigenvalue weighted by atomic mass is 9.78. The standard InChI is InChI=1S/C24H25NO3/c1-16-10-12-18(13-11-16)22(26)25-20-15-24(3,4)14-17(2)21(20)23(27)28-19-8-6-5-7-9-19/h5-14H,15H2,1-4H3,(H,25,26). The number of aryl methyl sites for hydroxylation is 1. The lowest BCUT2D eigenvalue weighted by Crippen LogP contribution is -2.32. The van der Waals surface area contributed by atoms with Crippen LogP contribution in [-0.4, -0.2) is 11.9 Å². The van der Waals surface area contributed by atoms with Gasteiger partial charge in [-0.05, 0) is 55.5 Å². The van der Waals surface area contributed by atoms with Crippen LogP contribution in [0.3, 0.4) is 0 Å². The zero-order valence-electron chi connectivity index (χ0n) is 16.7. The number of esters is 1. The smallest absolute Gasteiger partial charge is 0.345 e. The highest BCUT2D eigenvalue weighted by molar-refractivity contribution is 5.99. The molecule has 0 aliphatic heterocycles. The SMILES string of the molecule is CC1=CC(C)(C)CC(NC(=O)c2ccc(C)cc2)=C1C(=O)Oc1ccccc1. The molecule has 3 rings (SSSR count). The highest BCUT2D eigenvalue weighted by atomic mass is 16.5. The number of ether oxygens (including phenoxy) is 1. The number of amides is 1. The van der Waals surface area contributed by atoms with Gasteiger partial charge in [0.15, 0.2) is 0 Å². The summed E-state index contributed by atoms with van der Waals surface area (Å²) in [4.78, 5) is 25.6. The molecule has 0 saturated carbocycles. The fourth-order valence-corrected chi connectivity index (χ4v) is 3.44. The van der Waals surface area contributed by atoms with Crippen LogP contribution in [0, 0.1) is 12.3 Å². The molecule has 4 heteroatoms. The predicted octanol–water partition coefficient (Wildman–Crippen LogP) is 4.96. The molecule has 1 N–H and O–H groups in total. The van der Waals surface area contributed by atoms with Crippen LogP contribution < -0.4 is 10.1 Å². The normalized spacial score (nSPS) is 15.6. The largest absolute Gasteiger partial charge is 0.423 e. The number of allylic oxidation sites excluding steroid dienone is 2. The van der Waals surface area contributed by atoms with Gasteiger partial charge in [-0.25, -0.2) is 4.79 Å². The van der Waals surface area contributed by atoms with Crippen LogP contribution in [0.1, 0.15) is 43.1 Å². The van der Waals surface area contributed by atoms with Crippen LogP contribution in [-0.2, 0) is 4.79 Å². The van der Waals surface area contributed by atoms with Crippen LogP contribution in [0.25, 0.3) is 0 Å². The topological polar surface area (TPSA) is 55.4 Å². The van der Waals surface area contributed by atoms with Crippen LogP contribution in [0.15, 0.2) is 77.5 Å². The van der Waals surface area contributed by atoms with Gasteiger partial charge in [0.1, 0.15) is 5.75 Å². The number of nitrogens with one attached hydrogen (secondary N) is 1. The van der Waals surface area contributed by atoms with Crippen molar-refractivity contribution in [3.63, 3.8) is 0 Å². The molecule has 1 aliphatic carbocycles. The van der Waals surface area contributed by atoms with E-state index in [-0.39, 0.29) is 11.3 Å². The molecule has 0 radical (unpaired) electrons. The number of rotatable bonds is 4. The third-order valence-electron chi connectivity index (χ3n) is 4.67. The molecule has 2 aromatic rings. The summed E-state index contributed by atoms with van der Waals surface area (Å²) in [5, 5.41) is 2.96. The van der Waals surface area contributed by atoms with E-state index in [4.69, 9.17) is 4.74 Å². The molecule has 0 saturated heterocycles. The molecular formula is C24H25NO3. The Bertz CT molecular complexity index is 951. The van der Waals surface area contributed by atoms with Gasteiger partial charge in [-0.3, -0.25) is 4.79 Å². The van der Waals surface area contributed by atoms with E-state index in [9.17, 15) is 9.59 Å². The zero-order chi connectivity index (χ0) is 20.3. The highest BCUT2D eigenvalue weighted by Gasteiger charge is 2.31. The number of carbonyl (C=O) groups excluding carboxylic acids is 2. The summed E-state index contributed by atoms with van der Waals surface area (Å²) >= 11 is 0.